The first-order chi connectivity index (χ1) is 19.2. The molecule has 1 amide bonds. The van der Waals surface area contributed by atoms with Crippen LogP contribution in [-0.4, -0.2) is 79.7 Å². The Kier molecular flexibility index (Phi) is 5.74. The molecule has 6 rings (SSSR count). The van der Waals surface area contributed by atoms with Crippen molar-refractivity contribution in [3.05, 3.63) is 47.4 Å². The minimum atomic E-state index is -4.57. The summed E-state index contributed by atoms with van der Waals surface area (Å²) >= 11 is 0. The average Bonchev–Trinajstić information content (AvgIpc) is 3.30. The number of hydrogen-bond donors (Lipinski definition) is 1. The highest BCUT2D eigenvalue weighted by atomic mass is 19.4. The summed E-state index contributed by atoms with van der Waals surface area (Å²) in [6.45, 7) is 1.77. The van der Waals surface area contributed by atoms with Crippen LogP contribution in [0.5, 0.6) is 0 Å². The lowest BCUT2D eigenvalue weighted by Crippen LogP contribution is -2.65. The Morgan fingerprint density at radius 1 is 1.05 bits per heavy atom. The summed E-state index contributed by atoms with van der Waals surface area (Å²) in [5.74, 6) is -4.36. The number of nitrogens with zero attached hydrogens (tertiary/aromatic N) is 4. The highest BCUT2D eigenvalue weighted by Gasteiger charge is 2.76. The van der Waals surface area contributed by atoms with Crippen molar-refractivity contribution in [2.75, 3.05) is 13.6 Å². The van der Waals surface area contributed by atoms with Crippen molar-refractivity contribution in [1.82, 2.24) is 19.9 Å². The molecule has 12 nitrogen and oxygen atoms in total. The van der Waals surface area contributed by atoms with E-state index in [-0.39, 0.29) is 42.2 Å². The van der Waals surface area contributed by atoms with Gasteiger partial charge in [-0.1, -0.05) is 17.2 Å². The van der Waals surface area contributed by atoms with E-state index in [4.69, 9.17) is 14.3 Å². The number of aryl methyl sites for hydroxylation is 1. The van der Waals surface area contributed by atoms with Gasteiger partial charge in [0.05, 0.1) is 24.1 Å². The molecule has 0 aliphatic carbocycles. The quantitative estimate of drug-likeness (QED) is 0.517. The van der Waals surface area contributed by atoms with Crippen molar-refractivity contribution in [3.8, 4) is 11.3 Å². The number of hydrogen-bond acceptors (Lipinski definition) is 11. The average molecular weight is 576 g/mol. The summed E-state index contributed by atoms with van der Waals surface area (Å²) in [4.78, 5) is 68.9. The summed E-state index contributed by atoms with van der Waals surface area (Å²) in [6, 6.07) is 5.59. The number of esters is 2. The molecule has 0 radical (unpaired) electrons. The number of benzene rings is 1. The van der Waals surface area contributed by atoms with E-state index in [1.54, 1.807) is 6.92 Å². The molecule has 2 unspecified atom stereocenters. The van der Waals surface area contributed by atoms with Gasteiger partial charge in [0.2, 0.25) is 5.91 Å². The van der Waals surface area contributed by atoms with Crippen LogP contribution in [0.2, 0.25) is 0 Å². The van der Waals surface area contributed by atoms with Gasteiger partial charge in [-0.3, -0.25) is 14.4 Å². The Hall–Kier alpha value is -4.11. The van der Waals surface area contributed by atoms with Gasteiger partial charge in [-0.05, 0) is 31.5 Å². The molecule has 216 valence electrons. The summed E-state index contributed by atoms with van der Waals surface area (Å²) in [7, 11) is 1.53. The highest BCUT2D eigenvalue weighted by Crippen LogP contribution is 2.55. The third kappa shape index (κ3) is 3.97. The molecule has 4 atom stereocenters. The summed E-state index contributed by atoms with van der Waals surface area (Å²) < 4.78 is 51.0. The predicted molar refractivity (Wildman–Crippen MR) is 127 cm³/mol. The Bertz CT molecular complexity index is 1500. The first kappa shape index (κ1) is 27.1. The molecular formula is C26H23F3N4O8. The Labute approximate surface area is 229 Å². The van der Waals surface area contributed by atoms with Crippen molar-refractivity contribution >= 4 is 23.8 Å². The van der Waals surface area contributed by atoms with Gasteiger partial charge in [-0.15, -0.1) is 0 Å². The fourth-order valence-electron chi connectivity index (χ4n) is 5.90. The number of ether oxygens (including phenoxy) is 2. The van der Waals surface area contributed by atoms with Gasteiger partial charge in [0.15, 0.2) is 17.5 Å². The molecule has 1 N–H and O–H groups in total. The largest absolute Gasteiger partial charge is 0.456 e. The molecule has 4 aliphatic heterocycles. The van der Waals surface area contributed by atoms with Crippen LogP contribution in [0.4, 0.5) is 13.2 Å². The monoisotopic (exact) mass is 576 g/mol. The minimum absolute atomic E-state index is 0.0881. The molecule has 2 bridgehead atoms. The van der Waals surface area contributed by atoms with Crippen LogP contribution in [0, 0.1) is 6.92 Å². The number of carbonyl (C=O) groups excluding carboxylic acids is 4. The van der Waals surface area contributed by atoms with Crippen LogP contribution < -0.4 is 0 Å². The van der Waals surface area contributed by atoms with Gasteiger partial charge in [-0.25, -0.2) is 14.8 Å². The molecule has 4 saturated heterocycles. The number of aliphatic hydroxyl groups is 1. The summed E-state index contributed by atoms with van der Waals surface area (Å²) in [5.41, 5.74) is -6.96. The fraction of sp³-hybridized carbons (Fsp3) is 0.462. The number of rotatable bonds is 2. The van der Waals surface area contributed by atoms with E-state index >= 15 is 0 Å². The molecule has 1 spiro atoms. The molecule has 15 heteroatoms. The van der Waals surface area contributed by atoms with Gasteiger partial charge >= 0.3 is 24.1 Å². The van der Waals surface area contributed by atoms with E-state index in [0.29, 0.717) is 0 Å². The number of fused-ring (bicyclic) bond motifs is 3. The number of hydroxylamine groups is 2. The van der Waals surface area contributed by atoms with E-state index in [1.807, 2.05) is 0 Å². The highest BCUT2D eigenvalue weighted by molar-refractivity contribution is 5.93. The maximum Gasteiger partial charge on any atom is 0.416 e. The van der Waals surface area contributed by atoms with Gasteiger partial charge in [0.1, 0.15) is 5.54 Å². The van der Waals surface area contributed by atoms with Crippen molar-refractivity contribution in [2.24, 2.45) is 0 Å². The minimum Gasteiger partial charge on any atom is -0.456 e. The van der Waals surface area contributed by atoms with Crippen LogP contribution in [0.25, 0.3) is 11.3 Å². The Balaban J connectivity index is 1.58. The number of aromatic nitrogens is 2. The first-order valence-corrected chi connectivity index (χ1v) is 12.6. The number of likely N-dealkylation sites (tertiary alicyclic amines) is 1. The molecule has 41 heavy (non-hydrogen) atoms. The van der Waals surface area contributed by atoms with Crippen molar-refractivity contribution in [2.45, 2.75) is 61.8 Å². The van der Waals surface area contributed by atoms with E-state index in [1.165, 1.54) is 30.1 Å². The standard InChI is InChI=1S/C26H23F3N4O8/c1-13-9-16(14-3-5-15(6-4-14)26(27,28)29)31-20(30-13)25-17-10-23(7-8-32(2)21(23)36)33(25)41-19(35)12-24(38,22(37)40-25)11-18(34)39-17/h3-6,9,17,38H,7-8,10-12H2,1-2H3/t17?,23-,24?,25-/m0/s1. The van der Waals surface area contributed by atoms with Gasteiger partial charge in [0.25, 0.3) is 5.72 Å². The molecule has 1 aromatic heterocycles. The smallest absolute Gasteiger partial charge is 0.416 e. The van der Waals surface area contributed by atoms with E-state index in [0.717, 1.165) is 17.2 Å². The number of alkyl halides is 3. The Morgan fingerprint density at radius 2 is 1.73 bits per heavy atom. The van der Waals surface area contributed by atoms with Gasteiger partial charge < -0.3 is 24.3 Å². The van der Waals surface area contributed by atoms with Crippen LogP contribution in [0.1, 0.15) is 42.8 Å². The third-order valence-corrected chi connectivity index (χ3v) is 7.91. The maximum atomic E-state index is 13.5. The van der Waals surface area contributed by atoms with Crippen LogP contribution in [-0.2, 0) is 45.4 Å². The molecule has 2 aromatic rings. The Morgan fingerprint density at radius 3 is 2.37 bits per heavy atom. The maximum absolute atomic E-state index is 13.5. The second-order valence-electron chi connectivity index (χ2n) is 10.7. The number of carbonyl (C=O) groups is 4. The van der Waals surface area contributed by atoms with Crippen LogP contribution in [0.15, 0.2) is 30.3 Å². The zero-order chi connectivity index (χ0) is 29.5. The normalized spacial score (nSPS) is 31.9. The molecule has 4 fully saturated rings. The zero-order valence-electron chi connectivity index (χ0n) is 21.7. The van der Waals surface area contributed by atoms with Crippen molar-refractivity contribution in [1.29, 1.82) is 0 Å². The summed E-state index contributed by atoms with van der Waals surface area (Å²) in [6.07, 6.45) is -8.07. The molecule has 4 aliphatic rings. The van der Waals surface area contributed by atoms with Gasteiger partial charge in [-0.2, -0.15) is 13.2 Å². The van der Waals surface area contributed by atoms with Crippen molar-refractivity contribution in [3.63, 3.8) is 0 Å². The van der Waals surface area contributed by atoms with E-state index < -0.39 is 71.4 Å². The lowest BCUT2D eigenvalue weighted by atomic mass is 9.92. The number of amides is 1. The summed E-state index contributed by atoms with van der Waals surface area (Å²) in [5, 5.41) is 11.9. The fourth-order valence-corrected chi connectivity index (χ4v) is 5.90. The van der Waals surface area contributed by atoms with Crippen LogP contribution in [0.3, 0.4) is 0 Å². The second kappa shape index (κ2) is 8.69. The van der Waals surface area contributed by atoms with Crippen molar-refractivity contribution < 1.29 is 51.8 Å². The zero-order valence-corrected chi connectivity index (χ0v) is 21.7. The molecular weight excluding hydrogens is 553 g/mol. The topological polar surface area (TPSA) is 148 Å². The lowest BCUT2D eigenvalue weighted by Gasteiger charge is -2.45. The number of halogens is 3. The third-order valence-electron chi connectivity index (χ3n) is 7.91. The SMILES string of the molecule is Cc1cc(-c2ccc(C(F)(F)F)cc2)nc([C@@]23OC(=O)C4(O)CC(=O)OC2C[C@]2(CCN(C)C2=O)N3OC(=O)C4)n1. The predicted octanol–water partition coefficient (Wildman–Crippen LogP) is 1.38. The second-order valence-corrected chi connectivity index (χ2v) is 10.7. The molecule has 5 heterocycles. The van der Waals surface area contributed by atoms with E-state index in [9.17, 15) is 37.5 Å². The number of likely N-dealkylation sites (N-methyl/N-ethyl adjacent to an activating group) is 1. The molecule has 0 saturated carbocycles. The lowest BCUT2D eigenvalue weighted by molar-refractivity contribution is -0.331. The van der Waals surface area contributed by atoms with Crippen LogP contribution >= 0.6 is 0 Å². The van der Waals surface area contributed by atoms with E-state index in [2.05, 4.69) is 9.97 Å². The van der Waals surface area contributed by atoms with Gasteiger partial charge in [0, 0.05) is 31.3 Å². The first-order valence-electron chi connectivity index (χ1n) is 12.6. The molecule has 1 aromatic carbocycles.